The maximum Gasteiger partial charge on any atom is 0.307 e. The third-order valence-corrected chi connectivity index (χ3v) is 3.08. The highest BCUT2D eigenvalue weighted by Gasteiger charge is 2.31. The van der Waals surface area contributed by atoms with Crippen molar-refractivity contribution in [2.75, 3.05) is 14.2 Å². The zero-order valence-corrected chi connectivity index (χ0v) is 10.1. The van der Waals surface area contributed by atoms with Gasteiger partial charge in [-0.25, -0.2) is 0 Å². The van der Waals surface area contributed by atoms with Gasteiger partial charge < -0.3 is 10.1 Å². The zero-order chi connectivity index (χ0) is 12.0. The minimum absolute atomic E-state index is 0.194. The van der Waals surface area contributed by atoms with Crippen LogP contribution in [0.2, 0.25) is 0 Å². The van der Waals surface area contributed by atoms with Gasteiger partial charge in [0.2, 0.25) is 0 Å². The Bertz CT molecular complexity index is 331. The van der Waals surface area contributed by atoms with Crippen LogP contribution in [0.5, 0.6) is 0 Å². The number of hydrogen-bond acceptors (Lipinski definition) is 3. The van der Waals surface area contributed by atoms with Crippen LogP contribution in [-0.4, -0.2) is 20.1 Å². The molecule has 3 heteroatoms. The van der Waals surface area contributed by atoms with Gasteiger partial charge in [0, 0.05) is 0 Å². The quantitative estimate of drug-likeness (QED) is 0.774. The molecule has 0 aliphatic heterocycles. The van der Waals surface area contributed by atoms with Crippen molar-refractivity contribution in [3.63, 3.8) is 0 Å². The Morgan fingerprint density at radius 3 is 2.44 bits per heavy atom. The Kier molecular flexibility index (Phi) is 4.50. The highest BCUT2D eigenvalue weighted by molar-refractivity contribution is 5.71. The Balaban J connectivity index is 3.01. The average molecular weight is 221 g/mol. The van der Waals surface area contributed by atoms with Crippen LogP contribution >= 0.6 is 0 Å². The van der Waals surface area contributed by atoms with Gasteiger partial charge in [0.25, 0.3) is 0 Å². The molecule has 1 atom stereocenters. The molecule has 0 aliphatic rings. The maximum atomic E-state index is 11.5. The van der Waals surface area contributed by atoms with Crippen molar-refractivity contribution >= 4 is 5.97 Å². The Hall–Kier alpha value is -1.35. The molecule has 1 N–H and O–H groups in total. The van der Waals surface area contributed by atoms with E-state index in [0.717, 1.165) is 12.0 Å². The summed E-state index contributed by atoms with van der Waals surface area (Å²) in [5, 5.41) is 3.25. The van der Waals surface area contributed by atoms with Crippen LogP contribution in [0.1, 0.15) is 25.3 Å². The van der Waals surface area contributed by atoms with E-state index in [9.17, 15) is 4.79 Å². The van der Waals surface area contributed by atoms with Crippen molar-refractivity contribution in [1.29, 1.82) is 0 Å². The molecular formula is C13H19NO2. The Morgan fingerprint density at radius 2 is 2.00 bits per heavy atom. The van der Waals surface area contributed by atoms with Gasteiger partial charge in [0.05, 0.1) is 19.1 Å². The second-order valence-corrected chi connectivity index (χ2v) is 3.80. The predicted molar refractivity (Wildman–Crippen MR) is 64.1 cm³/mol. The standard InChI is InChI=1S/C13H19NO2/c1-4-13(14-2,10-12(15)16-3)11-8-6-5-7-9-11/h5-9,14H,4,10H2,1-3H3. The van der Waals surface area contributed by atoms with Gasteiger partial charge in [-0.15, -0.1) is 0 Å². The van der Waals surface area contributed by atoms with Crippen molar-refractivity contribution in [1.82, 2.24) is 5.32 Å². The van der Waals surface area contributed by atoms with Crippen molar-refractivity contribution in [2.24, 2.45) is 0 Å². The molecule has 1 rings (SSSR count). The van der Waals surface area contributed by atoms with Crippen molar-refractivity contribution in [3.05, 3.63) is 35.9 Å². The van der Waals surface area contributed by atoms with Crippen LogP contribution in [0.15, 0.2) is 30.3 Å². The third-order valence-electron chi connectivity index (χ3n) is 3.08. The average Bonchev–Trinajstić information content (AvgIpc) is 2.37. The first-order valence-corrected chi connectivity index (χ1v) is 5.49. The molecule has 1 aromatic rings. The highest BCUT2D eigenvalue weighted by atomic mass is 16.5. The van der Waals surface area contributed by atoms with Crippen LogP contribution in [-0.2, 0) is 15.1 Å². The summed E-state index contributed by atoms with van der Waals surface area (Å²) in [6.07, 6.45) is 1.18. The summed E-state index contributed by atoms with van der Waals surface area (Å²) in [6.45, 7) is 2.06. The van der Waals surface area contributed by atoms with E-state index < -0.39 is 0 Å². The molecule has 1 aromatic carbocycles. The van der Waals surface area contributed by atoms with Gasteiger partial charge in [-0.2, -0.15) is 0 Å². The molecule has 88 valence electrons. The number of carbonyl (C=O) groups is 1. The zero-order valence-electron chi connectivity index (χ0n) is 10.1. The lowest BCUT2D eigenvalue weighted by atomic mass is 9.84. The largest absolute Gasteiger partial charge is 0.469 e. The summed E-state index contributed by atoms with van der Waals surface area (Å²) in [7, 11) is 3.29. The lowest BCUT2D eigenvalue weighted by molar-refractivity contribution is -0.142. The van der Waals surface area contributed by atoms with Gasteiger partial charge >= 0.3 is 5.97 Å². The highest BCUT2D eigenvalue weighted by Crippen LogP contribution is 2.28. The molecule has 1 unspecified atom stereocenters. The summed E-state index contributed by atoms with van der Waals surface area (Å²) in [5.41, 5.74) is 0.791. The Morgan fingerprint density at radius 1 is 1.38 bits per heavy atom. The summed E-state index contributed by atoms with van der Waals surface area (Å²) in [6, 6.07) is 9.99. The molecule has 0 saturated carbocycles. The molecule has 16 heavy (non-hydrogen) atoms. The van der Waals surface area contributed by atoms with E-state index in [1.807, 2.05) is 37.4 Å². The van der Waals surface area contributed by atoms with E-state index in [-0.39, 0.29) is 11.5 Å². The monoisotopic (exact) mass is 221 g/mol. The van der Waals surface area contributed by atoms with E-state index in [2.05, 4.69) is 12.2 Å². The first kappa shape index (κ1) is 12.7. The van der Waals surface area contributed by atoms with Gasteiger partial charge in [0.15, 0.2) is 0 Å². The Labute approximate surface area is 96.8 Å². The molecule has 0 amide bonds. The molecule has 0 spiro atoms. The van der Waals surface area contributed by atoms with Gasteiger partial charge in [-0.05, 0) is 19.0 Å². The third kappa shape index (κ3) is 2.61. The van der Waals surface area contributed by atoms with Crippen molar-refractivity contribution in [3.8, 4) is 0 Å². The SMILES string of the molecule is CCC(CC(=O)OC)(NC)c1ccccc1. The number of methoxy groups -OCH3 is 1. The number of nitrogens with one attached hydrogen (secondary N) is 1. The predicted octanol–water partition coefficient (Wildman–Crippen LogP) is 2.07. The second-order valence-electron chi connectivity index (χ2n) is 3.80. The number of benzene rings is 1. The van der Waals surface area contributed by atoms with E-state index >= 15 is 0 Å². The fourth-order valence-corrected chi connectivity index (χ4v) is 1.92. The van der Waals surface area contributed by atoms with E-state index in [1.165, 1.54) is 7.11 Å². The number of ether oxygens (including phenoxy) is 1. The molecule has 0 saturated heterocycles. The van der Waals surface area contributed by atoms with Crippen molar-refractivity contribution < 1.29 is 9.53 Å². The molecule has 0 aliphatic carbocycles. The minimum atomic E-state index is -0.325. The van der Waals surface area contributed by atoms with Gasteiger partial charge in [-0.1, -0.05) is 37.3 Å². The summed E-state index contributed by atoms with van der Waals surface area (Å²) in [5.74, 6) is -0.194. The first-order chi connectivity index (χ1) is 7.68. The molecule has 3 nitrogen and oxygen atoms in total. The normalized spacial score (nSPS) is 14.2. The van der Waals surface area contributed by atoms with Gasteiger partial charge in [0.1, 0.15) is 0 Å². The number of rotatable bonds is 5. The fourth-order valence-electron chi connectivity index (χ4n) is 1.92. The number of esters is 1. The summed E-state index contributed by atoms with van der Waals surface area (Å²) >= 11 is 0. The maximum absolute atomic E-state index is 11.5. The molecule has 0 aromatic heterocycles. The molecule has 0 radical (unpaired) electrons. The van der Waals surface area contributed by atoms with Crippen LogP contribution in [0.25, 0.3) is 0 Å². The smallest absolute Gasteiger partial charge is 0.307 e. The van der Waals surface area contributed by atoms with Crippen LogP contribution in [0.3, 0.4) is 0 Å². The lowest BCUT2D eigenvalue weighted by Crippen LogP contribution is -2.41. The van der Waals surface area contributed by atoms with E-state index in [1.54, 1.807) is 0 Å². The fraction of sp³-hybridized carbons (Fsp3) is 0.462. The van der Waals surface area contributed by atoms with E-state index in [0.29, 0.717) is 6.42 Å². The van der Waals surface area contributed by atoms with Gasteiger partial charge in [-0.3, -0.25) is 4.79 Å². The summed E-state index contributed by atoms with van der Waals surface area (Å²) < 4.78 is 4.75. The van der Waals surface area contributed by atoms with Crippen LogP contribution in [0, 0.1) is 0 Å². The lowest BCUT2D eigenvalue weighted by Gasteiger charge is -2.32. The number of hydrogen-bond donors (Lipinski definition) is 1. The van der Waals surface area contributed by atoms with Crippen LogP contribution < -0.4 is 5.32 Å². The number of carbonyl (C=O) groups excluding carboxylic acids is 1. The molecule has 0 bridgehead atoms. The topological polar surface area (TPSA) is 38.3 Å². The molecule has 0 heterocycles. The molecule has 0 fully saturated rings. The van der Waals surface area contributed by atoms with E-state index in [4.69, 9.17) is 4.74 Å². The van der Waals surface area contributed by atoms with Crippen LogP contribution in [0.4, 0.5) is 0 Å². The second kappa shape index (κ2) is 5.66. The molecular weight excluding hydrogens is 202 g/mol. The summed E-state index contributed by atoms with van der Waals surface area (Å²) in [4.78, 5) is 11.5. The minimum Gasteiger partial charge on any atom is -0.469 e. The first-order valence-electron chi connectivity index (χ1n) is 5.49. The van der Waals surface area contributed by atoms with Crippen molar-refractivity contribution in [2.45, 2.75) is 25.3 Å².